The summed E-state index contributed by atoms with van der Waals surface area (Å²) < 4.78 is 12.0. The third-order valence-corrected chi connectivity index (χ3v) is 5.83. The Bertz CT molecular complexity index is 710. The number of ketones is 1. The number of ether oxygens (including phenoxy) is 2. The standard InChI is InChI=1S/C23H35N3O4/c1-17-3-4-21(15-22(17)25-12-5-18(2)27)29-16-23(28)26-13-8-20(9-14-26)30-19-6-10-24-11-7-19/h3-4,15,19-20,24-25H,5-14,16H2,1-2H3. The van der Waals surface area contributed by atoms with Crippen LogP contribution in [-0.2, 0) is 14.3 Å². The fourth-order valence-electron chi connectivity index (χ4n) is 3.94. The second kappa shape index (κ2) is 11.3. The summed E-state index contributed by atoms with van der Waals surface area (Å²) in [6.07, 6.45) is 5.06. The van der Waals surface area contributed by atoms with Crippen LogP contribution in [0.2, 0.25) is 0 Å². The molecule has 7 heteroatoms. The van der Waals surface area contributed by atoms with E-state index in [0.717, 1.165) is 63.1 Å². The number of aryl methyl sites for hydroxylation is 1. The summed E-state index contributed by atoms with van der Waals surface area (Å²) >= 11 is 0. The fraction of sp³-hybridized carbons (Fsp3) is 0.652. The number of carbonyl (C=O) groups is 2. The van der Waals surface area contributed by atoms with Gasteiger partial charge in [-0.25, -0.2) is 0 Å². The van der Waals surface area contributed by atoms with E-state index in [2.05, 4.69) is 10.6 Å². The lowest BCUT2D eigenvalue weighted by molar-refractivity contribution is -0.137. The van der Waals surface area contributed by atoms with E-state index in [9.17, 15) is 9.59 Å². The molecule has 0 bridgehead atoms. The van der Waals surface area contributed by atoms with Gasteiger partial charge in [0.2, 0.25) is 0 Å². The van der Waals surface area contributed by atoms with Crippen molar-refractivity contribution in [3.8, 4) is 5.75 Å². The van der Waals surface area contributed by atoms with Gasteiger partial charge in [-0.05, 0) is 64.3 Å². The molecule has 0 saturated carbocycles. The van der Waals surface area contributed by atoms with E-state index in [1.165, 1.54) is 0 Å². The van der Waals surface area contributed by atoms with E-state index >= 15 is 0 Å². The Labute approximate surface area is 179 Å². The normalized spacial score (nSPS) is 18.3. The molecule has 3 rings (SSSR count). The summed E-state index contributed by atoms with van der Waals surface area (Å²) in [6, 6.07) is 5.72. The second-order valence-electron chi connectivity index (χ2n) is 8.31. The zero-order chi connectivity index (χ0) is 21.3. The molecule has 1 amide bonds. The summed E-state index contributed by atoms with van der Waals surface area (Å²) in [4.78, 5) is 25.6. The summed E-state index contributed by atoms with van der Waals surface area (Å²) in [5.41, 5.74) is 2.00. The molecule has 166 valence electrons. The molecule has 0 atom stereocenters. The first-order chi connectivity index (χ1) is 14.5. The van der Waals surface area contributed by atoms with Crippen LogP contribution < -0.4 is 15.4 Å². The Morgan fingerprint density at radius 3 is 2.53 bits per heavy atom. The number of nitrogens with zero attached hydrogens (tertiary/aromatic N) is 1. The number of likely N-dealkylation sites (tertiary alicyclic amines) is 1. The van der Waals surface area contributed by atoms with Crippen molar-refractivity contribution in [1.82, 2.24) is 10.2 Å². The highest BCUT2D eigenvalue weighted by Crippen LogP contribution is 2.23. The molecule has 0 spiro atoms. The van der Waals surface area contributed by atoms with Gasteiger partial charge in [-0.2, -0.15) is 0 Å². The highest BCUT2D eigenvalue weighted by Gasteiger charge is 2.26. The molecule has 2 fully saturated rings. The molecule has 2 aliphatic heterocycles. The SMILES string of the molecule is CC(=O)CCNc1cc(OCC(=O)N2CCC(OC3CCNCC3)CC2)ccc1C. The molecule has 0 aliphatic carbocycles. The number of hydrogen-bond acceptors (Lipinski definition) is 6. The van der Waals surface area contributed by atoms with Crippen molar-refractivity contribution in [3.05, 3.63) is 23.8 Å². The van der Waals surface area contributed by atoms with Gasteiger partial charge in [0.15, 0.2) is 6.61 Å². The molecule has 2 aliphatic rings. The molecule has 1 aromatic rings. The first-order valence-corrected chi connectivity index (χ1v) is 11.1. The van der Waals surface area contributed by atoms with Crippen molar-refractivity contribution >= 4 is 17.4 Å². The van der Waals surface area contributed by atoms with E-state index < -0.39 is 0 Å². The Morgan fingerprint density at radius 2 is 1.83 bits per heavy atom. The van der Waals surface area contributed by atoms with E-state index in [0.29, 0.717) is 24.8 Å². The monoisotopic (exact) mass is 417 g/mol. The van der Waals surface area contributed by atoms with E-state index in [1.54, 1.807) is 6.92 Å². The number of nitrogens with one attached hydrogen (secondary N) is 2. The quantitative estimate of drug-likeness (QED) is 0.643. The molecule has 30 heavy (non-hydrogen) atoms. The molecule has 1 aromatic carbocycles. The third-order valence-electron chi connectivity index (χ3n) is 5.83. The maximum atomic E-state index is 12.6. The molecule has 2 N–H and O–H groups in total. The Kier molecular flexibility index (Phi) is 8.51. The Balaban J connectivity index is 1.40. The summed E-state index contributed by atoms with van der Waals surface area (Å²) in [6.45, 7) is 7.73. The lowest BCUT2D eigenvalue weighted by atomic mass is 10.1. The molecule has 7 nitrogen and oxygen atoms in total. The van der Waals surface area contributed by atoms with Gasteiger partial charge in [-0.1, -0.05) is 6.07 Å². The first kappa shape index (κ1) is 22.6. The topological polar surface area (TPSA) is 79.9 Å². The highest BCUT2D eigenvalue weighted by atomic mass is 16.5. The average molecular weight is 418 g/mol. The highest BCUT2D eigenvalue weighted by molar-refractivity contribution is 5.78. The predicted molar refractivity (Wildman–Crippen MR) is 117 cm³/mol. The van der Waals surface area contributed by atoms with Gasteiger partial charge >= 0.3 is 0 Å². The van der Waals surface area contributed by atoms with Crippen molar-refractivity contribution < 1.29 is 19.1 Å². The van der Waals surface area contributed by atoms with Crippen LogP contribution in [0.15, 0.2) is 18.2 Å². The lowest BCUT2D eigenvalue weighted by Crippen LogP contribution is -2.44. The van der Waals surface area contributed by atoms with E-state index in [-0.39, 0.29) is 24.4 Å². The van der Waals surface area contributed by atoms with Crippen LogP contribution in [0.4, 0.5) is 5.69 Å². The number of Topliss-reactive ketones (excluding diaryl/α,β-unsaturated/α-hetero) is 1. The zero-order valence-corrected chi connectivity index (χ0v) is 18.2. The average Bonchev–Trinajstić information content (AvgIpc) is 2.75. The van der Waals surface area contributed by atoms with Crippen LogP contribution in [0.5, 0.6) is 5.75 Å². The van der Waals surface area contributed by atoms with E-state index in [1.807, 2.05) is 30.0 Å². The molecular formula is C23H35N3O4. The number of piperidine rings is 2. The maximum Gasteiger partial charge on any atom is 0.260 e. The van der Waals surface area contributed by atoms with Crippen molar-refractivity contribution in [2.45, 2.75) is 58.2 Å². The van der Waals surface area contributed by atoms with Gasteiger partial charge in [0.05, 0.1) is 12.2 Å². The van der Waals surface area contributed by atoms with Crippen LogP contribution >= 0.6 is 0 Å². The van der Waals surface area contributed by atoms with Gasteiger partial charge in [0.1, 0.15) is 11.5 Å². The van der Waals surface area contributed by atoms with Gasteiger partial charge in [0.25, 0.3) is 5.91 Å². The van der Waals surface area contributed by atoms with Crippen molar-refractivity contribution in [1.29, 1.82) is 0 Å². The smallest absolute Gasteiger partial charge is 0.260 e. The van der Waals surface area contributed by atoms with E-state index in [4.69, 9.17) is 9.47 Å². The zero-order valence-electron chi connectivity index (χ0n) is 18.2. The van der Waals surface area contributed by atoms with Crippen LogP contribution in [0, 0.1) is 6.92 Å². The largest absolute Gasteiger partial charge is 0.484 e. The molecule has 2 heterocycles. The molecule has 0 aromatic heterocycles. The summed E-state index contributed by atoms with van der Waals surface area (Å²) in [7, 11) is 0. The molecule has 2 saturated heterocycles. The number of amides is 1. The lowest BCUT2D eigenvalue weighted by Gasteiger charge is -2.35. The number of hydrogen-bond donors (Lipinski definition) is 2. The van der Waals surface area contributed by atoms with Crippen molar-refractivity contribution in [2.75, 3.05) is 44.6 Å². The first-order valence-electron chi connectivity index (χ1n) is 11.1. The second-order valence-corrected chi connectivity index (χ2v) is 8.31. The molecular weight excluding hydrogens is 382 g/mol. The van der Waals surface area contributed by atoms with Crippen LogP contribution in [0.1, 0.15) is 44.6 Å². The minimum absolute atomic E-state index is 0.0157. The third kappa shape index (κ3) is 6.99. The van der Waals surface area contributed by atoms with Crippen LogP contribution in [-0.4, -0.2) is 68.1 Å². The van der Waals surface area contributed by atoms with Gasteiger partial charge < -0.3 is 25.0 Å². The van der Waals surface area contributed by atoms with Gasteiger partial charge in [-0.3, -0.25) is 9.59 Å². The van der Waals surface area contributed by atoms with Gasteiger partial charge in [0, 0.05) is 37.8 Å². The minimum Gasteiger partial charge on any atom is -0.484 e. The molecule has 0 radical (unpaired) electrons. The minimum atomic E-state index is 0.0157. The number of benzene rings is 1. The van der Waals surface area contributed by atoms with Crippen LogP contribution in [0.25, 0.3) is 0 Å². The van der Waals surface area contributed by atoms with Crippen molar-refractivity contribution in [3.63, 3.8) is 0 Å². The number of anilines is 1. The van der Waals surface area contributed by atoms with Crippen molar-refractivity contribution in [2.24, 2.45) is 0 Å². The predicted octanol–water partition coefficient (Wildman–Crippen LogP) is 2.52. The van der Waals surface area contributed by atoms with Gasteiger partial charge in [-0.15, -0.1) is 0 Å². The maximum absolute atomic E-state index is 12.6. The van der Waals surface area contributed by atoms with Crippen LogP contribution in [0.3, 0.4) is 0 Å². The number of carbonyl (C=O) groups excluding carboxylic acids is 2. The Hall–Kier alpha value is -2.12. The Morgan fingerprint density at radius 1 is 1.13 bits per heavy atom. The molecule has 0 unspecified atom stereocenters. The number of rotatable bonds is 9. The summed E-state index contributed by atoms with van der Waals surface area (Å²) in [5.74, 6) is 0.827. The fourth-order valence-corrected chi connectivity index (χ4v) is 3.94. The summed E-state index contributed by atoms with van der Waals surface area (Å²) in [5, 5.41) is 6.62.